The molecule has 7 rings (SSSR count). The number of hydrogen-bond donors (Lipinski definition) is 4. The standard InChI is InChI=1S/C31H26F2N8O3S/c1-45(43,44)36-13-16-7-18(9-20(32)8-16)27-29-25(5-6-35-27)38-30(39-29)28-23-11-22(24(33)12-26(23)40-41-28)19-10-21(15-34-14-19)37-31(42)17-3-2-4-17/h5-12,14-15,17,36H,2-4,13H2,1H3,(H,37,42)(H,38,39)(H,40,41). The third-order valence-electron chi connectivity index (χ3n) is 7.84. The van der Waals surface area contributed by atoms with Gasteiger partial charge >= 0.3 is 0 Å². The van der Waals surface area contributed by atoms with Crippen molar-refractivity contribution in [1.82, 2.24) is 34.9 Å². The van der Waals surface area contributed by atoms with Gasteiger partial charge in [-0.1, -0.05) is 6.42 Å². The number of amides is 1. The van der Waals surface area contributed by atoms with E-state index in [0.29, 0.717) is 61.5 Å². The van der Waals surface area contributed by atoms with Crippen molar-refractivity contribution in [3.63, 3.8) is 0 Å². The zero-order valence-electron chi connectivity index (χ0n) is 23.9. The fourth-order valence-electron chi connectivity index (χ4n) is 5.37. The first-order chi connectivity index (χ1) is 21.6. The van der Waals surface area contributed by atoms with Crippen LogP contribution in [0.5, 0.6) is 0 Å². The highest BCUT2D eigenvalue weighted by molar-refractivity contribution is 7.88. The molecule has 14 heteroatoms. The fraction of sp³-hybridized carbons (Fsp3) is 0.194. The van der Waals surface area contributed by atoms with E-state index in [1.165, 1.54) is 30.6 Å². The Bertz CT molecular complexity index is 2230. The normalized spacial score (nSPS) is 13.8. The minimum Gasteiger partial charge on any atom is -0.336 e. The van der Waals surface area contributed by atoms with Crippen molar-refractivity contribution in [2.24, 2.45) is 5.92 Å². The second-order valence-electron chi connectivity index (χ2n) is 11.1. The van der Waals surface area contributed by atoms with Crippen LogP contribution < -0.4 is 10.0 Å². The Morgan fingerprint density at radius 2 is 1.87 bits per heavy atom. The maximum atomic E-state index is 15.3. The van der Waals surface area contributed by atoms with Crippen molar-refractivity contribution < 1.29 is 22.0 Å². The summed E-state index contributed by atoms with van der Waals surface area (Å²) >= 11 is 0. The first kappa shape index (κ1) is 28.7. The van der Waals surface area contributed by atoms with E-state index in [-0.39, 0.29) is 23.9 Å². The highest BCUT2D eigenvalue weighted by Gasteiger charge is 2.25. The summed E-state index contributed by atoms with van der Waals surface area (Å²) in [5.74, 6) is -0.744. The molecule has 0 saturated heterocycles. The van der Waals surface area contributed by atoms with Gasteiger partial charge in [-0.25, -0.2) is 26.9 Å². The molecule has 0 aliphatic heterocycles. The number of benzene rings is 2. The van der Waals surface area contributed by atoms with Crippen LogP contribution in [-0.4, -0.2) is 50.7 Å². The van der Waals surface area contributed by atoms with E-state index in [2.05, 4.69) is 35.2 Å². The molecule has 228 valence electrons. The predicted octanol–water partition coefficient (Wildman–Crippen LogP) is 5.30. The molecule has 11 nitrogen and oxygen atoms in total. The molecule has 4 heterocycles. The van der Waals surface area contributed by atoms with Crippen LogP contribution in [-0.2, 0) is 21.4 Å². The number of imidazole rings is 1. The van der Waals surface area contributed by atoms with Crippen molar-refractivity contribution >= 4 is 43.6 Å². The minimum absolute atomic E-state index is 0.00499. The monoisotopic (exact) mass is 628 g/mol. The summed E-state index contributed by atoms with van der Waals surface area (Å²) < 4.78 is 55.4. The number of aromatic nitrogens is 6. The Kier molecular flexibility index (Phi) is 7.09. The molecule has 0 radical (unpaired) electrons. The number of H-pyrrole nitrogens is 2. The van der Waals surface area contributed by atoms with Crippen molar-refractivity contribution in [2.75, 3.05) is 11.6 Å². The largest absolute Gasteiger partial charge is 0.336 e. The van der Waals surface area contributed by atoms with Crippen LogP contribution in [0.15, 0.2) is 61.1 Å². The third kappa shape index (κ3) is 5.77. The zero-order chi connectivity index (χ0) is 31.3. The van der Waals surface area contributed by atoms with Crippen molar-refractivity contribution in [2.45, 2.75) is 25.8 Å². The summed E-state index contributed by atoms with van der Waals surface area (Å²) in [5, 5.41) is 10.7. The van der Waals surface area contributed by atoms with Crippen LogP contribution in [0.2, 0.25) is 0 Å². The predicted molar refractivity (Wildman–Crippen MR) is 165 cm³/mol. The molecule has 6 aromatic rings. The average molecular weight is 629 g/mol. The topological polar surface area (TPSA) is 158 Å². The molecule has 1 saturated carbocycles. The number of hydrogen-bond acceptors (Lipinski definition) is 7. The van der Waals surface area contributed by atoms with Gasteiger partial charge in [0.1, 0.15) is 22.8 Å². The number of rotatable bonds is 8. The van der Waals surface area contributed by atoms with E-state index in [9.17, 15) is 17.6 Å². The molecule has 0 atom stereocenters. The lowest BCUT2D eigenvalue weighted by molar-refractivity contribution is -0.122. The molecular weight excluding hydrogens is 602 g/mol. The van der Waals surface area contributed by atoms with E-state index < -0.39 is 21.7 Å². The number of anilines is 1. The molecule has 2 aromatic carbocycles. The highest BCUT2D eigenvalue weighted by atomic mass is 32.2. The fourth-order valence-corrected chi connectivity index (χ4v) is 5.80. The van der Waals surface area contributed by atoms with Crippen LogP contribution >= 0.6 is 0 Å². The number of nitrogens with one attached hydrogen (secondary N) is 4. The van der Waals surface area contributed by atoms with E-state index in [0.717, 1.165) is 25.5 Å². The highest BCUT2D eigenvalue weighted by Crippen LogP contribution is 2.35. The van der Waals surface area contributed by atoms with Gasteiger partial charge in [-0.05, 0) is 54.8 Å². The summed E-state index contributed by atoms with van der Waals surface area (Å²) in [6, 6.07) is 10.6. The minimum atomic E-state index is -3.48. The second kappa shape index (κ2) is 11.1. The molecule has 1 aliphatic carbocycles. The molecule has 4 aromatic heterocycles. The van der Waals surface area contributed by atoms with Gasteiger partial charge in [0.15, 0.2) is 5.82 Å². The molecule has 0 unspecified atom stereocenters. The molecular formula is C31H26F2N8O3S. The SMILES string of the molecule is CS(=O)(=O)NCc1cc(F)cc(-c2nccc3[nH]c(-c4n[nH]c5cc(F)c(-c6cncc(NC(=O)C7CCC7)c6)cc45)nc23)c1. The van der Waals surface area contributed by atoms with E-state index in [1.54, 1.807) is 30.5 Å². The van der Waals surface area contributed by atoms with Crippen molar-refractivity contribution in [3.8, 4) is 33.9 Å². The second-order valence-corrected chi connectivity index (χ2v) is 12.9. The third-order valence-corrected chi connectivity index (χ3v) is 8.51. The van der Waals surface area contributed by atoms with E-state index in [4.69, 9.17) is 4.98 Å². The first-order valence-electron chi connectivity index (χ1n) is 14.1. The molecule has 1 aliphatic rings. The van der Waals surface area contributed by atoms with Gasteiger partial charge in [0.25, 0.3) is 0 Å². The lowest BCUT2D eigenvalue weighted by Crippen LogP contribution is -2.28. The maximum absolute atomic E-state index is 15.3. The van der Waals surface area contributed by atoms with Gasteiger partial charge < -0.3 is 10.3 Å². The summed E-state index contributed by atoms with van der Waals surface area (Å²) in [7, 11) is -3.48. The van der Waals surface area contributed by atoms with Crippen LogP contribution in [0.4, 0.5) is 14.5 Å². The molecule has 1 amide bonds. The van der Waals surface area contributed by atoms with Gasteiger partial charge in [0.2, 0.25) is 15.9 Å². The molecule has 1 fully saturated rings. The Balaban J connectivity index is 1.25. The van der Waals surface area contributed by atoms with E-state index >= 15 is 4.39 Å². The van der Waals surface area contributed by atoms with Gasteiger partial charge in [-0.15, -0.1) is 0 Å². The number of pyridine rings is 2. The molecule has 45 heavy (non-hydrogen) atoms. The zero-order valence-corrected chi connectivity index (χ0v) is 24.7. The number of aromatic amines is 2. The number of sulfonamides is 1. The van der Waals surface area contributed by atoms with Crippen molar-refractivity contribution in [3.05, 3.63) is 78.3 Å². The Hall–Kier alpha value is -5.08. The summed E-state index contributed by atoms with van der Waals surface area (Å²) in [6.45, 7) is -0.0884. The maximum Gasteiger partial charge on any atom is 0.227 e. The molecule has 0 spiro atoms. The smallest absolute Gasteiger partial charge is 0.227 e. The number of nitrogens with zero attached hydrogens (tertiary/aromatic N) is 4. The lowest BCUT2D eigenvalue weighted by atomic mass is 9.85. The lowest BCUT2D eigenvalue weighted by Gasteiger charge is -2.24. The number of halogens is 2. The van der Waals surface area contributed by atoms with Gasteiger partial charge in [0.05, 0.1) is 34.9 Å². The van der Waals surface area contributed by atoms with Crippen molar-refractivity contribution in [1.29, 1.82) is 0 Å². The van der Waals surface area contributed by atoms with Crippen LogP contribution in [0.25, 0.3) is 55.8 Å². The number of fused-ring (bicyclic) bond motifs is 2. The summed E-state index contributed by atoms with van der Waals surface area (Å²) in [5.41, 5.74) is 4.37. The average Bonchev–Trinajstić information content (AvgIpc) is 3.58. The van der Waals surface area contributed by atoms with Crippen LogP contribution in [0, 0.1) is 17.6 Å². The molecule has 4 N–H and O–H groups in total. The Morgan fingerprint density at radius 1 is 1.02 bits per heavy atom. The van der Waals surface area contributed by atoms with Crippen LogP contribution in [0.1, 0.15) is 24.8 Å². The van der Waals surface area contributed by atoms with Gasteiger partial charge in [-0.2, -0.15) is 5.10 Å². The van der Waals surface area contributed by atoms with E-state index in [1.807, 2.05) is 0 Å². The summed E-state index contributed by atoms with van der Waals surface area (Å²) in [6.07, 6.45) is 8.40. The molecule has 0 bridgehead atoms. The van der Waals surface area contributed by atoms with Crippen LogP contribution in [0.3, 0.4) is 0 Å². The summed E-state index contributed by atoms with van der Waals surface area (Å²) in [4.78, 5) is 29.1. The number of carbonyl (C=O) groups excluding carboxylic acids is 1. The number of carbonyl (C=O) groups is 1. The van der Waals surface area contributed by atoms with Gasteiger partial charge in [-0.3, -0.25) is 19.9 Å². The first-order valence-corrected chi connectivity index (χ1v) is 16.0. The van der Waals surface area contributed by atoms with Gasteiger partial charge in [0, 0.05) is 53.0 Å². The quantitative estimate of drug-likeness (QED) is 0.178. The Labute approximate surface area is 255 Å². The Morgan fingerprint density at radius 3 is 2.64 bits per heavy atom.